The smallest absolute Gasteiger partial charge is 0.258 e. The van der Waals surface area contributed by atoms with E-state index in [9.17, 15) is 0 Å². The van der Waals surface area contributed by atoms with Gasteiger partial charge >= 0.3 is 0 Å². The van der Waals surface area contributed by atoms with Crippen molar-refractivity contribution in [2.24, 2.45) is 0 Å². The van der Waals surface area contributed by atoms with Gasteiger partial charge in [0.05, 0.1) is 5.02 Å². The van der Waals surface area contributed by atoms with Gasteiger partial charge in [0, 0.05) is 35.8 Å². The molecule has 0 saturated carbocycles. The molecule has 0 aliphatic rings. The zero-order chi connectivity index (χ0) is 17.8. The second-order valence-corrected chi connectivity index (χ2v) is 6.11. The zero-order valence-electron chi connectivity index (χ0n) is 13.8. The molecule has 0 radical (unpaired) electrons. The topological polar surface area (TPSA) is 63.8 Å². The lowest BCUT2D eigenvalue weighted by molar-refractivity contribution is 0.432. The first-order chi connectivity index (χ1) is 12.8. The van der Waals surface area contributed by atoms with Crippen LogP contribution in [0.5, 0.6) is 0 Å². The molecule has 2 heterocycles. The molecule has 0 unspecified atom stereocenters. The highest BCUT2D eigenvalue weighted by molar-refractivity contribution is 6.33. The Morgan fingerprint density at radius 3 is 2.65 bits per heavy atom. The van der Waals surface area contributed by atoms with Crippen molar-refractivity contribution in [3.63, 3.8) is 0 Å². The third-order valence-electron chi connectivity index (χ3n) is 3.88. The summed E-state index contributed by atoms with van der Waals surface area (Å²) in [6, 6.07) is 19.2. The summed E-state index contributed by atoms with van der Waals surface area (Å²) in [7, 11) is 0. The van der Waals surface area contributed by atoms with Gasteiger partial charge in [-0.15, -0.1) is 0 Å². The number of nitrogens with zero attached hydrogens (tertiary/aromatic N) is 3. The number of aromatic nitrogens is 3. The summed E-state index contributed by atoms with van der Waals surface area (Å²) in [4.78, 5) is 8.55. The summed E-state index contributed by atoms with van der Waals surface area (Å²) in [6.07, 6.45) is 3.58. The summed E-state index contributed by atoms with van der Waals surface area (Å²) < 4.78 is 5.35. The van der Waals surface area contributed by atoms with Crippen LogP contribution < -0.4 is 5.32 Å². The largest absolute Gasteiger partial charge is 0.381 e. The fourth-order valence-electron chi connectivity index (χ4n) is 2.54. The predicted octanol–water partition coefficient (Wildman–Crippen LogP) is 5.06. The Kier molecular flexibility index (Phi) is 4.62. The minimum absolute atomic E-state index is 0.465. The van der Waals surface area contributed by atoms with Crippen molar-refractivity contribution in [1.82, 2.24) is 15.1 Å². The van der Waals surface area contributed by atoms with E-state index in [0.29, 0.717) is 23.3 Å². The van der Waals surface area contributed by atoms with Gasteiger partial charge in [-0.2, -0.15) is 4.98 Å². The highest BCUT2D eigenvalue weighted by atomic mass is 35.5. The average Bonchev–Trinajstić information content (AvgIpc) is 3.18. The van der Waals surface area contributed by atoms with E-state index in [4.69, 9.17) is 16.1 Å². The lowest BCUT2D eigenvalue weighted by atomic mass is 10.2. The zero-order valence-corrected chi connectivity index (χ0v) is 14.5. The van der Waals surface area contributed by atoms with E-state index in [1.54, 1.807) is 6.20 Å². The standard InChI is InChI=1S/C20H15ClN4O/c21-18-11-16(23-13-14-5-4-10-22-12-14)8-9-17(18)19-24-20(26-25-19)15-6-2-1-3-7-15/h1-12,23H,13H2. The third-order valence-corrected chi connectivity index (χ3v) is 4.19. The molecular formula is C20H15ClN4O. The molecule has 0 aliphatic carbocycles. The molecule has 6 heteroatoms. The van der Waals surface area contributed by atoms with Crippen LogP contribution in [0.15, 0.2) is 77.6 Å². The molecule has 26 heavy (non-hydrogen) atoms. The molecule has 5 nitrogen and oxygen atoms in total. The molecule has 4 rings (SSSR count). The van der Waals surface area contributed by atoms with Crippen LogP contribution >= 0.6 is 11.6 Å². The molecule has 128 valence electrons. The maximum Gasteiger partial charge on any atom is 0.258 e. The molecule has 0 fully saturated rings. The first kappa shape index (κ1) is 16.3. The number of hydrogen-bond donors (Lipinski definition) is 1. The van der Waals surface area contributed by atoms with Gasteiger partial charge in [-0.3, -0.25) is 4.98 Å². The average molecular weight is 363 g/mol. The molecule has 0 bridgehead atoms. The van der Waals surface area contributed by atoms with Crippen molar-refractivity contribution in [2.45, 2.75) is 6.54 Å². The first-order valence-corrected chi connectivity index (χ1v) is 8.49. The van der Waals surface area contributed by atoms with Gasteiger partial charge in [0.1, 0.15) is 0 Å². The van der Waals surface area contributed by atoms with E-state index in [2.05, 4.69) is 20.4 Å². The van der Waals surface area contributed by atoms with Gasteiger partial charge in [-0.05, 0) is 42.0 Å². The highest BCUT2D eigenvalue weighted by Gasteiger charge is 2.13. The van der Waals surface area contributed by atoms with E-state index in [1.165, 1.54) is 0 Å². The monoisotopic (exact) mass is 362 g/mol. The van der Waals surface area contributed by atoms with E-state index in [0.717, 1.165) is 22.4 Å². The number of rotatable bonds is 5. The maximum atomic E-state index is 6.43. The molecule has 0 atom stereocenters. The highest BCUT2D eigenvalue weighted by Crippen LogP contribution is 2.30. The Bertz CT molecular complexity index is 1000. The predicted molar refractivity (Wildman–Crippen MR) is 102 cm³/mol. The van der Waals surface area contributed by atoms with Crippen molar-refractivity contribution in [3.8, 4) is 22.8 Å². The summed E-state index contributed by atoms with van der Waals surface area (Å²) in [5.74, 6) is 0.933. The number of pyridine rings is 1. The van der Waals surface area contributed by atoms with E-state index < -0.39 is 0 Å². The van der Waals surface area contributed by atoms with Crippen LogP contribution in [0.1, 0.15) is 5.56 Å². The van der Waals surface area contributed by atoms with Crippen LogP contribution in [0, 0.1) is 0 Å². The second kappa shape index (κ2) is 7.37. The van der Waals surface area contributed by atoms with Crippen molar-refractivity contribution >= 4 is 17.3 Å². The van der Waals surface area contributed by atoms with Gasteiger partial charge in [-0.25, -0.2) is 0 Å². The Labute approximate surface area is 155 Å². The normalized spacial score (nSPS) is 10.7. The lowest BCUT2D eigenvalue weighted by Gasteiger charge is -2.08. The number of benzene rings is 2. The molecule has 0 saturated heterocycles. The molecule has 2 aromatic heterocycles. The summed E-state index contributed by atoms with van der Waals surface area (Å²) in [5, 5.41) is 7.93. The molecular weight excluding hydrogens is 348 g/mol. The molecule has 1 N–H and O–H groups in total. The fourth-order valence-corrected chi connectivity index (χ4v) is 2.81. The van der Waals surface area contributed by atoms with Crippen LogP contribution in [0.3, 0.4) is 0 Å². The number of hydrogen-bond acceptors (Lipinski definition) is 5. The maximum absolute atomic E-state index is 6.43. The quantitative estimate of drug-likeness (QED) is 0.537. The van der Waals surface area contributed by atoms with Crippen LogP contribution in [0.4, 0.5) is 5.69 Å². The minimum atomic E-state index is 0.465. The molecule has 0 spiro atoms. The van der Waals surface area contributed by atoms with Crippen LogP contribution in [0.2, 0.25) is 5.02 Å². The second-order valence-electron chi connectivity index (χ2n) is 5.70. The number of nitrogens with one attached hydrogen (secondary N) is 1. The van der Waals surface area contributed by atoms with Gasteiger partial charge in [-0.1, -0.05) is 41.0 Å². The van der Waals surface area contributed by atoms with Crippen LogP contribution in [0.25, 0.3) is 22.8 Å². The SMILES string of the molecule is Clc1cc(NCc2cccnc2)ccc1-c1noc(-c2ccccc2)n1. The van der Waals surface area contributed by atoms with Crippen molar-refractivity contribution in [1.29, 1.82) is 0 Å². The molecule has 4 aromatic rings. The number of anilines is 1. The van der Waals surface area contributed by atoms with Crippen molar-refractivity contribution < 1.29 is 4.52 Å². The van der Waals surface area contributed by atoms with Crippen LogP contribution in [-0.2, 0) is 6.54 Å². The Balaban J connectivity index is 1.52. The lowest BCUT2D eigenvalue weighted by Crippen LogP contribution is -1.99. The van der Waals surface area contributed by atoms with Gasteiger partial charge in [0.2, 0.25) is 5.82 Å². The van der Waals surface area contributed by atoms with Gasteiger partial charge < -0.3 is 9.84 Å². The Morgan fingerprint density at radius 1 is 1.00 bits per heavy atom. The van der Waals surface area contributed by atoms with Gasteiger partial charge in [0.25, 0.3) is 5.89 Å². The van der Waals surface area contributed by atoms with E-state index in [1.807, 2.05) is 66.9 Å². The summed E-state index contributed by atoms with van der Waals surface area (Å²) >= 11 is 6.43. The fraction of sp³-hybridized carbons (Fsp3) is 0.0500. The summed E-state index contributed by atoms with van der Waals surface area (Å²) in [6.45, 7) is 0.671. The van der Waals surface area contributed by atoms with Crippen LogP contribution in [-0.4, -0.2) is 15.1 Å². The number of halogens is 1. The Hall–Kier alpha value is -3.18. The molecule has 0 amide bonds. The van der Waals surface area contributed by atoms with Gasteiger partial charge in [0.15, 0.2) is 0 Å². The van der Waals surface area contributed by atoms with E-state index in [-0.39, 0.29) is 0 Å². The first-order valence-electron chi connectivity index (χ1n) is 8.11. The minimum Gasteiger partial charge on any atom is -0.381 e. The molecule has 0 aliphatic heterocycles. The third kappa shape index (κ3) is 3.58. The van der Waals surface area contributed by atoms with Crippen molar-refractivity contribution in [2.75, 3.05) is 5.32 Å². The van der Waals surface area contributed by atoms with Crippen molar-refractivity contribution in [3.05, 3.63) is 83.6 Å². The Morgan fingerprint density at radius 2 is 1.88 bits per heavy atom. The summed E-state index contributed by atoms with van der Waals surface area (Å²) in [5.41, 5.74) is 3.61. The molecule has 2 aromatic carbocycles. The van der Waals surface area contributed by atoms with E-state index >= 15 is 0 Å².